The van der Waals surface area contributed by atoms with Gasteiger partial charge in [-0.25, -0.2) is 0 Å². The molecule has 0 fully saturated rings. The molecular weight excluding hydrogens is 224 g/mol. The van der Waals surface area contributed by atoms with E-state index < -0.39 is 16.2 Å². The molecule has 0 radical (unpaired) electrons. The minimum Gasteiger partial charge on any atom is -0.258 e. The average molecular weight is 236 g/mol. The maximum atomic E-state index is 11.8. The van der Waals surface area contributed by atoms with Crippen molar-refractivity contribution in [3.63, 3.8) is 0 Å². The third-order valence-electron chi connectivity index (χ3n) is 2.22. The molecule has 2 rings (SSSR count). The van der Waals surface area contributed by atoms with Gasteiger partial charge in [0.25, 0.3) is 10.1 Å². The smallest absolute Gasteiger partial charge is 0.258 e. The second kappa shape index (κ2) is 4.63. The van der Waals surface area contributed by atoms with Crippen LogP contribution in [0.4, 0.5) is 0 Å². The molecule has 4 heteroatoms. The number of benzene rings is 1. The summed E-state index contributed by atoms with van der Waals surface area (Å²) in [6.07, 6.45) is 7.47. The summed E-state index contributed by atoms with van der Waals surface area (Å²) in [5, 5.41) is 0. The molecule has 16 heavy (non-hydrogen) atoms. The van der Waals surface area contributed by atoms with E-state index in [2.05, 4.69) is 0 Å². The number of hydrogen-bond donors (Lipinski definition) is 0. The van der Waals surface area contributed by atoms with Crippen LogP contribution in [0.2, 0.25) is 0 Å². The van der Waals surface area contributed by atoms with Crippen molar-refractivity contribution in [2.75, 3.05) is 0 Å². The summed E-state index contributed by atoms with van der Waals surface area (Å²) in [6, 6.07) is 8.16. The summed E-state index contributed by atoms with van der Waals surface area (Å²) >= 11 is 0. The van der Waals surface area contributed by atoms with Crippen LogP contribution in [0.25, 0.3) is 0 Å². The average Bonchev–Trinajstić information content (AvgIpc) is 2.31. The van der Waals surface area contributed by atoms with Crippen molar-refractivity contribution < 1.29 is 12.6 Å². The van der Waals surface area contributed by atoms with Gasteiger partial charge in [0.05, 0.1) is 11.0 Å². The highest BCUT2D eigenvalue weighted by Crippen LogP contribution is 2.17. The predicted molar refractivity (Wildman–Crippen MR) is 61.4 cm³/mol. The molecule has 0 aromatic heterocycles. The van der Waals surface area contributed by atoms with Gasteiger partial charge in [0, 0.05) is 0 Å². The number of rotatable bonds is 3. The summed E-state index contributed by atoms with van der Waals surface area (Å²) < 4.78 is 28.7. The van der Waals surface area contributed by atoms with Gasteiger partial charge in [-0.1, -0.05) is 42.5 Å². The van der Waals surface area contributed by atoms with Crippen LogP contribution in [0.3, 0.4) is 0 Å². The molecular formula is C12H12O3S. The lowest BCUT2D eigenvalue weighted by Crippen LogP contribution is -2.17. The lowest BCUT2D eigenvalue weighted by Gasteiger charge is -2.13. The van der Waals surface area contributed by atoms with Gasteiger partial charge < -0.3 is 0 Å². The van der Waals surface area contributed by atoms with Crippen LogP contribution < -0.4 is 0 Å². The van der Waals surface area contributed by atoms with Crippen molar-refractivity contribution in [3.05, 3.63) is 54.6 Å². The zero-order valence-electron chi connectivity index (χ0n) is 8.61. The lowest BCUT2D eigenvalue weighted by atomic mass is 10.1. The molecule has 84 valence electrons. The zero-order valence-corrected chi connectivity index (χ0v) is 9.43. The van der Waals surface area contributed by atoms with E-state index in [1.54, 1.807) is 30.4 Å². The van der Waals surface area contributed by atoms with E-state index in [9.17, 15) is 8.42 Å². The normalized spacial score (nSPS) is 19.9. The van der Waals surface area contributed by atoms with Crippen molar-refractivity contribution in [1.29, 1.82) is 0 Å². The van der Waals surface area contributed by atoms with Crippen molar-refractivity contribution in [1.82, 2.24) is 0 Å². The molecule has 3 nitrogen and oxygen atoms in total. The van der Waals surface area contributed by atoms with Crippen molar-refractivity contribution in [2.24, 2.45) is 0 Å². The Kier molecular flexibility index (Phi) is 3.22. The third kappa shape index (κ3) is 2.59. The third-order valence-corrected chi connectivity index (χ3v) is 3.57. The van der Waals surface area contributed by atoms with E-state index in [0.29, 0.717) is 6.42 Å². The van der Waals surface area contributed by atoms with Gasteiger partial charge in [0.1, 0.15) is 0 Å². The van der Waals surface area contributed by atoms with Crippen molar-refractivity contribution in [3.8, 4) is 0 Å². The molecule has 1 unspecified atom stereocenters. The van der Waals surface area contributed by atoms with E-state index in [4.69, 9.17) is 4.18 Å². The summed E-state index contributed by atoms with van der Waals surface area (Å²) in [5.41, 5.74) is 0. The minimum atomic E-state index is -3.65. The van der Waals surface area contributed by atoms with Gasteiger partial charge in [-0.2, -0.15) is 8.42 Å². The van der Waals surface area contributed by atoms with E-state index in [-0.39, 0.29) is 4.90 Å². The topological polar surface area (TPSA) is 43.4 Å². The highest BCUT2D eigenvalue weighted by atomic mass is 32.2. The van der Waals surface area contributed by atoms with Crippen LogP contribution in [-0.2, 0) is 14.3 Å². The first-order chi connectivity index (χ1) is 7.68. The molecule has 0 bridgehead atoms. The van der Waals surface area contributed by atoms with E-state index >= 15 is 0 Å². The summed E-state index contributed by atoms with van der Waals surface area (Å²) in [7, 11) is -3.65. The van der Waals surface area contributed by atoms with Gasteiger partial charge in [-0.05, 0) is 18.6 Å². The molecule has 0 amide bonds. The first-order valence-electron chi connectivity index (χ1n) is 5.00. The lowest BCUT2D eigenvalue weighted by molar-refractivity contribution is 0.257. The van der Waals surface area contributed by atoms with Crippen LogP contribution in [-0.4, -0.2) is 14.5 Å². The largest absolute Gasteiger partial charge is 0.297 e. The molecule has 1 aromatic rings. The first kappa shape index (κ1) is 11.1. The van der Waals surface area contributed by atoms with Gasteiger partial charge in [0.2, 0.25) is 0 Å². The maximum Gasteiger partial charge on any atom is 0.297 e. The van der Waals surface area contributed by atoms with Crippen molar-refractivity contribution >= 4 is 10.1 Å². The highest BCUT2D eigenvalue weighted by Gasteiger charge is 2.19. The van der Waals surface area contributed by atoms with Gasteiger partial charge in [-0.15, -0.1) is 0 Å². The molecule has 0 saturated heterocycles. The Bertz CT molecular complexity index is 500. The highest BCUT2D eigenvalue weighted by molar-refractivity contribution is 7.86. The second-order valence-corrected chi connectivity index (χ2v) is 5.02. The van der Waals surface area contributed by atoms with Crippen LogP contribution in [0, 0.1) is 0 Å². The van der Waals surface area contributed by atoms with Crippen molar-refractivity contribution in [2.45, 2.75) is 17.4 Å². The molecule has 1 aromatic carbocycles. The number of hydrogen-bond acceptors (Lipinski definition) is 3. The number of allylic oxidation sites excluding steroid dienone is 2. The fourth-order valence-electron chi connectivity index (χ4n) is 1.43. The van der Waals surface area contributed by atoms with Crippen LogP contribution in [0.5, 0.6) is 0 Å². The molecule has 1 aliphatic carbocycles. The molecule has 0 saturated carbocycles. The Balaban J connectivity index is 2.15. The van der Waals surface area contributed by atoms with Crippen LogP contribution in [0.15, 0.2) is 59.5 Å². The monoisotopic (exact) mass is 236 g/mol. The standard InChI is InChI=1S/C12H12O3S/c13-16(14,12-9-5-2-6-10-12)15-11-7-3-1-4-8-11/h1-7,9-11H,8H2. The van der Waals surface area contributed by atoms with Crippen LogP contribution >= 0.6 is 0 Å². The Morgan fingerprint density at radius 2 is 1.88 bits per heavy atom. The molecule has 0 spiro atoms. The Labute approximate surface area is 95.2 Å². The molecule has 0 heterocycles. The first-order valence-corrected chi connectivity index (χ1v) is 6.41. The maximum absolute atomic E-state index is 11.8. The van der Waals surface area contributed by atoms with Gasteiger partial charge in [-0.3, -0.25) is 4.18 Å². The minimum absolute atomic E-state index is 0.193. The molecule has 1 atom stereocenters. The zero-order chi connectivity index (χ0) is 11.4. The molecule has 0 aliphatic heterocycles. The SMILES string of the molecule is O=S(=O)(OC1C=CC=CC1)c1ccccc1. The van der Waals surface area contributed by atoms with Crippen LogP contribution in [0.1, 0.15) is 6.42 Å². The van der Waals surface area contributed by atoms with E-state index in [0.717, 1.165) is 0 Å². The quantitative estimate of drug-likeness (QED) is 0.756. The van der Waals surface area contributed by atoms with Gasteiger partial charge in [0.15, 0.2) is 0 Å². The summed E-state index contributed by atoms with van der Waals surface area (Å²) in [6.45, 7) is 0. The summed E-state index contributed by atoms with van der Waals surface area (Å²) in [4.78, 5) is 0.193. The molecule has 1 aliphatic rings. The van der Waals surface area contributed by atoms with E-state index in [1.165, 1.54) is 12.1 Å². The Morgan fingerprint density at radius 1 is 1.12 bits per heavy atom. The summed E-state index contributed by atoms with van der Waals surface area (Å²) in [5.74, 6) is 0. The van der Waals surface area contributed by atoms with Gasteiger partial charge >= 0.3 is 0 Å². The second-order valence-electron chi connectivity index (χ2n) is 3.45. The fourth-order valence-corrected chi connectivity index (χ4v) is 2.50. The fraction of sp³-hybridized carbons (Fsp3) is 0.167. The molecule has 0 N–H and O–H groups in total. The Morgan fingerprint density at radius 3 is 2.50 bits per heavy atom. The van der Waals surface area contributed by atoms with E-state index in [1.807, 2.05) is 12.2 Å². The predicted octanol–water partition coefficient (Wildman–Crippen LogP) is 2.28. The Hall–Kier alpha value is -1.39.